The van der Waals surface area contributed by atoms with Gasteiger partial charge in [0.15, 0.2) is 0 Å². The fraction of sp³-hybridized carbons (Fsp3) is 0.800. The number of rotatable bonds is 2. The molecule has 0 radical (unpaired) electrons. The van der Waals surface area contributed by atoms with E-state index in [9.17, 15) is 4.79 Å². The lowest BCUT2D eigenvalue weighted by molar-refractivity contribution is -0.125. The minimum absolute atomic E-state index is 0.194. The second-order valence-corrected chi connectivity index (χ2v) is 2.20. The van der Waals surface area contributed by atoms with E-state index in [1.165, 1.54) is 0 Å². The van der Waals surface area contributed by atoms with Crippen LogP contribution in [-0.2, 0) is 4.79 Å². The summed E-state index contributed by atoms with van der Waals surface area (Å²) in [5.41, 5.74) is 0. The summed E-state index contributed by atoms with van der Waals surface area (Å²) >= 11 is 5.32. The molecule has 0 bridgehead atoms. The fourth-order valence-corrected chi connectivity index (χ4v) is 0.700. The molecule has 3 heteroatoms. The smallest absolute Gasteiger partial charge is 0.223 e. The molecule has 0 atom stereocenters. The molecular weight excluding hydrogens is 126 g/mol. The van der Waals surface area contributed by atoms with Crippen LogP contribution in [0.2, 0.25) is 0 Å². The lowest BCUT2D eigenvalue weighted by Crippen LogP contribution is -2.09. The standard InChI is InChI=1S/C5H8ClNO/c6-2-1-5(8)7-3-4-7/h1-4H2. The minimum Gasteiger partial charge on any atom is -0.339 e. The van der Waals surface area contributed by atoms with Crippen LogP contribution in [0.1, 0.15) is 6.42 Å². The summed E-state index contributed by atoms with van der Waals surface area (Å²) in [5.74, 6) is 0.648. The van der Waals surface area contributed by atoms with Gasteiger partial charge in [-0.05, 0) is 0 Å². The number of carbonyl (C=O) groups is 1. The molecule has 1 fully saturated rings. The first kappa shape index (κ1) is 5.89. The number of hydrogen-bond acceptors (Lipinski definition) is 1. The second-order valence-electron chi connectivity index (χ2n) is 1.82. The van der Waals surface area contributed by atoms with Gasteiger partial charge < -0.3 is 4.90 Å². The predicted molar refractivity (Wildman–Crippen MR) is 31.9 cm³/mol. The Morgan fingerprint density at radius 1 is 1.62 bits per heavy atom. The Kier molecular flexibility index (Phi) is 1.73. The number of carbonyl (C=O) groups excluding carboxylic acids is 1. The van der Waals surface area contributed by atoms with Crippen LogP contribution in [0.3, 0.4) is 0 Å². The van der Waals surface area contributed by atoms with E-state index >= 15 is 0 Å². The van der Waals surface area contributed by atoms with Crippen molar-refractivity contribution in [2.24, 2.45) is 0 Å². The number of halogens is 1. The third kappa shape index (κ3) is 1.37. The molecule has 0 aromatic carbocycles. The minimum atomic E-state index is 0.194. The quantitative estimate of drug-likeness (QED) is 0.396. The monoisotopic (exact) mass is 133 g/mol. The van der Waals surface area contributed by atoms with Gasteiger partial charge in [0.05, 0.1) is 0 Å². The third-order valence-corrected chi connectivity index (χ3v) is 1.30. The molecule has 1 aliphatic rings. The summed E-state index contributed by atoms with van der Waals surface area (Å²) in [4.78, 5) is 12.4. The van der Waals surface area contributed by atoms with Crippen LogP contribution in [0.25, 0.3) is 0 Å². The molecule has 8 heavy (non-hydrogen) atoms. The second kappa shape index (κ2) is 2.35. The average molecular weight is 134 g/mol. The lowest BCUT2D eigenvalue weighted by atomic mass is 10.5. The van der Waals surface area contributed by atoms with Crippen molar-refractivity contribution in [3.63, 3.8) is 0 Å². The van der Waals surface area contributed by atoms with Crippen LogP contribution in [0, 0.1) is 0 Å². The van der Waals surface area contributed by atoms with Gasteiger partial charge in [0.1, 0.15) is 0 Å². The summed E-state index contributed by atoms with van der Waals surface area (Å²) in [7, 11) is 0. The Bertz CT molecular complexity index is 101. The highest BCUT2D eigenvalue weighted by atomic mass is 35.5. The summed E-state index contributed by atoms with van der Waals surface area (Å²) in [6, 6.07) is 0. The Balaban J connectivity index is 2.13. The molecule has 46 valence electrons. The van der Waals surface area contributed by atoms with Crippen LogP contribution in [0.5, 0.6) is 0 Å². The van der Waals surface area contributed by atoms with Gasteiger partial charge in [-0.3, -0.25) is 4.79 Å². The lowest BCUT2D eigenvalue weighted by Gasteiger charge is -1.94. The van der Waals surface area contributed by atoms with E-state index in [-0.39, 0.29) is 5.91 Å². The van der Waals surface area contributed by atoms with Crippen LogP contribution in [0.4, 0.5) is 0 Å². The average Bonchev–Trinajstić information content (AvgIpc) is 2.45. The first-order valence-corrected chi connectivity index (χ1v) is 3.22. The normalized spacial score (nSPS) is 16.4. The van der Waals surface area contributed by atoms with Gasteiger partial charge in [-0.2, -0.15) is 0 Å². The highest BCUT2D eigenvalue weighted by Gasteiger charge is 2.22. The summed E-state index contributed by atoms with van der Waals surface area (Å²) in [6.45, 7) is 1.88. The van der Waals surface area contributed by atoms with Gasteiger partial charge >= 0.3 is 0 Å². The molecule has 0 aromatic rings. The van der Waals surface area contributed by atoms with Crippen molar-refractivity contribution in [3.8, 4) is 0 Å². The molecule has 1 amide bonds. The number of hydrogen-bond donors (Lipinski definition) is 0. The zero-order valence-corrected chi connectivity index (χ0v) is 5.32. The third-order valence-electron chi connectivity index (χ3n) is 1.11. The van der Waals surface area contributed by atoms with Gasteiger partial charge in [-0.1, -0.05) is 0 Å². The molecule has 0 aliphatic carbocycles. The first-order valence-electron chi connectivity index (χ1n) is 2.68. The number of nitrogens with zero attached hydrogens (tertiary/aromatic N) is 1. The van der Waals surface area contributed by atoms with Gasteiger partial charge in [0.25, 0.3) is 0 Å². The van der Waals surface area contributed by atoms with Crippen molar-refractivity contribution < 1.29 is 4.79 Å². The van der Waals surface area contributed by atoms with Gasteiger partial charge in [-0.25, -0.2) is 0 Å². The molecule has 1 heterocycles. The van der Waals surface area contributed by atoms with Crippen molar-refractivity contribution in [2.75, 3.05) is 19.0 Å². The van der Waals surface area contributed by atoms with Gasteiger partial charge in [-0.15, -0.1) is 11.6 Å². The zero-order chi connectivity index (χ0) is 5.98. The summed E-state index contributed by atoms with van der Waals surface area (Å²) in [5, 5.41) is 0. The Labute approximate surface area is 53.4 Å². The van der Waals surface area contributed by atoms with E-state index in [0.717, 1.165) is 13.1 Å². The van der Waals surface area contributed by atoms with Crippen LogP contribution >= 0.6 is 11.6 Å². The summed E-state index contributed by atoms with van der Waals surface area (Å²) < 4.78 is 0. The maximum atomic E-state index is 10.6. The molecule has 1 aliphatic heterocycles. The highest BCUT2D eigenvalue weighted by Crippen LogP contribution is 2.05. The molecule has 1 saturated heterocycles. The summed E-state index contributed by atoms with van der Waals surface area (Å²) in [6.07, 6.45) is 0.502. The first-order chi connectivity index (χ1) is 3.84. The molecule has 2 nitrogen and oxygen atoms in total. The largest absolute Gasteiger partial charge is 0.339 e. The number of amides is 1. The Hall–Kier alpha value is -0.240. The molecule has 0 N–H and O–H groups in total. The maximum Gasteiger partial charge on any atom is 0.223 e. The zero-order valence-electron chi connectivity index (χ0n) is 4.56. The van der Waals surface area contributed by atoms with Crippen molar-refractivity contribution in [3.05, 3.63) is 0 Å². The highest BCUT2D eigenvalue weighted by molar-refractivity contribution is 6.18. The van der Waals surface area contributed by atoms with E-state index in [0.29, 0.717) is 12.3 Å². The van der Waals surface area contributed by atoms with E-state index in [4.69, 9.17) is 11.6 Å². The van der Waals surface area contributed by atoms with Crippen molar-refractivity contribution in [1.82, 2.24) is 4.90 Å². The van der Waals surface area contributed by atoms with Crippen LogP contribution < -0.4 is 0 Å². The Morgan fingerprint density at radius 2 is 2.25 bits per heavy atom. The van der Waals surface area contributed by atoms with E-state index < -0.39 is 0 Å². The molecule has 0 aromatic heterocycles. The molecule has 1 rings (SSSR count). The van der Waals surface area contributed by atoms with E-state index in [1.54, 1.807) is 4.90 Å². The SMILES string of the molecule is O=C(CCCl)N1CC1. The van der Waals surface area contributed by atoms with Gasteiger partial charge in [0, 0.05) is 25.4 Å². The van der Waals surface area contributed by atoms with Crippen molar-refractivity contribution in [2.45, 2.75) is 6.42 Å². The van der Waals surface area contributed by atoms with E-state index in [2.05, 4.69) is 0 Å². The molecule has 0 saturated carbocycles. The van der Waals surface area contributed by atoms with Crippen LogP contribution in [0.15, 0.2) is 0 Å². The van der Waals surface area contributed by atoms with Crippen molar-refractivity contribution >= 4 is 17.5 Å². The molecule has 0 unspecified atom stereocenters. The Morgan fingerprint density at radius 3 is 2.62 bits per heavy atom. The molecule has 0 spiro atoms. The molecular formula is C5H8ClNO. The van der Waals surface area contributed by atoms with Gasteiger partial charge in [0.2, 0.25) is 5.91 Å². The van der Waals surface area contributed by atoms with Crippen LogP contribution in [-0.4, -0.2) is 29.8 Å². The topological polar surface area (TPSA) is 20.1 Å². The number of alkyl halides is 1. The van der Waals surface area contributed by atoms with Crippen molar-refractivity contribution in [1.29, 1.82) is 0 Å². The predicted octanol–water partition coefficient (Wildman–Crippen LogP) is 0.458. The van der Waals surface area contributed by atoms with E-state index in [1.807, 2.05) is 0 Å². The maximum absolute atomic E-state index is 10.6. The fourth-order valence-electron chi connectivity index (χ4n) is 0.538.